The fraction of sp³-hybridized carbons (Fsp3) is 0.600. The third-order valence-corrected chi connectivity index (χ3v) is 10.7. The van der Waals surface area contributed by atoms with Gasteiger partial charge in [0.2, 0.25) is 0 Å². The van der Waals surface area contributed by atoms with Crippen molar-refractivity contribution in [1.29, 1.82) is 0 Å². The van der Waals surface area contributed by atoms with Crippen LogP contribution in [0.15, 0.2) is 42.5 Å². The van der Waals surface area contributed by atoms with Crippen molar-refractivity contribution in [2.75, 3.05) is 26.7 Å². The molecule has 3 aliphatic carbocycles. The summed E-state index contributed by atoms with van der Waals surface area (Å²) in [6.07, 6.45) is 7.38. The van der Waals surface area contributed by atoms with Gasteiger partial charge in [0.05, 0.1) is 18.8 Å². The lowest BCUT2D eigenvalue weighted by molar-refractivity contribution is -0.174. The Balaban J connectivity index is 1.26. The lowest BCUT2D eigenvalue weighted by Crippen LogP contribution is -2.74. The first-order valence-electron chi connectivity index (χ1n) is 13.7. The maximum Gasteiger partial charge on any atom is 0.161 e. The molecule has 6 aliphatic rings. The van der Waals surface area contributed by atoms with Gasteiger partial charge in [-0.2, -0.15) is 0 Å². The van der Waals surface area contributed by atoms with Gasteiger partial charge in [0, 0.05) is 48.6 Å². The number of piperidine rings is 1. The monoisotopic (exact) mass is 472 g/mol. The number of fused-ring (bicyclic) bond motifs is 1. The summed E-state index contributed by atoms with van der Waals surface area (Å²) >= 11 is 0. The van der Waals surface area contributed by atoms with Crippen molar-refractivity contribution < 1.29 is 14.6 Å². The minimum absolute atomic E-state index is 0.122. The molecule has 3 saturated heterocycles. The average molecular weight is 473 g/mol. The van der Waals surface area contributed by atoms with Crippen molar-refractivity contribution in [1.82, 2.24) is 9.80 Å². The van der Waals surface area contributed by atoms with Crippen LogP contribution in [0.25, 0.3) is 0 Å². The predicted octanol–water partition coefficient (Wildman–Crippen LogP) is 4.11. The summed E-state index contributed by atoms with van der Waals surface area (Å²) in [7, 11) is 1.68. The molecule has 5 unspecified atom stereocenters. The topological polar surface area (TPSA) is 45.2 Å². The highest BCUT2D eigenvalue weighted by atomic mass is 16.5. The zero-order valence-electron chi connectivity index (χ0n) is 20.7. The second-order valence-corrected chi connectivity index (χ2v) is 12.1. The van der Waals surface area contributed by atoms with Crippen molar-refractivity contribution in [3.8, 4) is 11.5 Å². The van der Waals surface area contributed by atoms with Crippen LogP contribution in [0.4, 0.5) is 0 Å². The Morgan fingerprint density at radius 3 is 2.71 bits per heavy atom. The van der Waals surface area contributed by atoms with Crippen LogP contribution >= 0.6 is 0 Å². The molecule has 3 heterocycles. The Morgan fingerprint density at radius 2 is 1.91 bits per heavy atom. The van der Waals surface area contributed by atoms with Crippen LogP contribution in [0.5, 0.6) is 11.5 Å². The number of ether oxygens (including phenoxy) is 2. The Labute approximate surface area is 208 Å². The van der Waals surface area contributed by atoms with E-state index in [2.05, 4.69) is 46.2 Å². The summed E-state index contributed by atoms with van der Waals surface area (Å²) in [5.74, 6) is 2.31. The summed E-state index contributed by atoms with van der Waals surface area (Å²) in [5, 5.41) is 11.6. The Bertz CT molecular complexity index is 1170. The zero-order chi connectivity index (χ0) is 23.4. The number of methoxy groups -OCH3 is 1. The number of rotatable bonds is 5. The number of hydrogen-bond acceptors (Lipinski definition) is 5. The van der Waals surface area contributed by atoms with Crippen LogP contribution in [-0.2, 0) is 23.1 Å². The molecule has 5 fully saturated rings. The lowest BCUT2D eigenvalue weighted by atomic mass is 9.46. The van der Waals surface area contributed by atoms with E-state index in [1.54, 1.807) is 7.11 Å². The highest BCUT2D eigenvalue weighted by Crippen LogP contribution is 2.71. The first-order chi connectivity index (χ1) is 17.1. The molecule has 0 aromatic heterocycles. The van der Waals surface area contributed by atoms with Crippen LogP contribution in [0.1, 0.15) is 48.8 Å². The largest absolute Gasteiger partial charge is 0.504 e. The average Bonchev–Trinajstić information content (AvgIpc) is 3.58. The summed E-state index contributed by atoms with van der Waals surface area (Å²) in [6.45, 7) is 4.33. The molecule has 8 rings (SSSR count). The first-order valence-corrected chi connectivity index (χ1v) is 13.7. The molecular weight excluding hydrogens is 436 g/mol. The molecule has 5 nitrogen and oxygen atoms in total. The Hall–Kier alpha value is -2.08. The standard InChI is InChI=1S/C30H36N2O3/c1-34-23-10-9-21-15-25-30-12-11-22-27(24(35-30)18-32(22)17-19-5-3-2-4-6-19)29(30,26(21)28(23)33)13-14-31(25)16-20-7-8-20/h2-6,9-10,20,22,24-25,27,33H,7-8,11-18H2,1H3/t22?,24-,25?,27?,29?,30?/m1/s1. The number of benzene rings is 2. The van der Waals surface area contributed by atoms with E-state index in [-0.39, 0.29) is 17.1 Å². The molecule has 35 heavy (non-hydrogen) atoms. The van der Waals surface area contributed by atoms with Gasteiger partial charge in [0.1, 0.15) is 0 Å². The van der Waals surface area contributed by atoms with Crippen molar-refractivity contribution in [3.63, 3.8) is 0 Å². The molecule has 0 amide bonds. The number of nitrogens with zero attached hydrogens (tertiary/aromatic N) is 2. The van der Waals surface area contributed by atoms with E-state index in [0.717, 1.165) is 44.8 Å². The molecule has 5 heteroatoms. The van der Waals surface area contributed by atoms with Gasteiger partial charge in [-0.05, 0) is 68.2 Å². The van der Waals surface area contributed by atoms with Crippen LogP contribution < -0.4 is 4.74 Å². The van der Waals surface area contributed by atoms with Crippen LogP contribution in [0.2, 0.25) is 0 Å². The van der Waals surface area contributed by atoms with E-state index in [9.17, 15) is 5.11 Å². The van der Waals surface area contributed by atoms with Crippen LogP contribution in [0, 0.1) is 11.8 Å². The second kappa shape index (κ2) is 7.24. The fourth-order valence-electron chi connectivity index (χ4n) is 9.37. The first kappa shape index (κ1) is 21.0. The minimum atomic E-state index is -0.179. The van der Waals surface area contributed by atoms with Crippen molar-refractivity contribution in [2.45, 2.75) is 74.3 Å². The van der Waals surface area contributed by atoms with Gasteiger partial charge in [0.25, 0.3) is 0 Å². The molecule has 6 atom stereocenters. The second-order valence-electron chi connectivity index (χ2n) is 12.1. The molecule has 2 saturated carbocycles. The van der Waals surface area contributed by atoms with E-state index < -0.39 is 0 Å². The van der Waals surface area contributed by atoms with Crippen LogP contribution in [-0.4, -0.2) is 65.4 Å². The minimum Gasteiger partial charge on any atom is -0.504 e. The molecule has 2 aromatic rings. The van der Waals surface area contributed by atoms with Gasteiger partial charge in [-0.1, -0.05) is 36.4 Å². The number of likely N-dealkylation sites (tertiary alicyclic amines) is 2. The number of hydrogen-bond donors (Lipinski definition) is 1. The number of aromatic hydroxyl groups is 1. The quantitative estimate of drug-likeness (QED) is 0.710. The van der Waals surface area contributed by atoms with Gasteiger partial charge in [-0.15, -0.1) is 0 Å². The third-order valence-electron chi connectivity index (χ3n) is 10.7. The van der Waals surface area contributed by atoms with Crippen molar-refractivity contribution >= 4 is 0 Å². The van der Waals surface area contributed by atoms with Gasteiger partial charge < -0.3 is 14.6 Å². The zero-order valence-corrected chi connectivity index (χ0v) is 20.7. The maximum atomic E-state index is 11.6. The van der Waals surface area contributed by atoms with Gasteiger partial charge in [-0.3, -0.25) is 9.80 Å². The summed E-state index contributed by atoms with van der Waals surface area (Å²) in [4.78, 5) is 5.49. The molecule has 2 aromatic carbocycles. The van der Waals surface area contributed by atoms with Crippen LogP contribution in [0.3, 0.4) is 0 Å². The van der Waals surface area contributed by atoms with E-state index in [4.69, 9.17) is 9.47 Å². The summed E-state index contributed by atoms with van der Waals surface area (Å²) < 4.78 is 13.0. The van der Waals surface area contributed by atoms with E-state index in [0.29, 0.717) is 29.5 Å². The molecular formula is C30H36N2O3. The maximum absolute atomic E-state index is 11.6. The van der Waals surface area contributed by atoms with Crippen molar-refractivity contribution in [2.24, 2.45) is 11.8 Å². The molecule has 0 radical (unpaired) electrons. The molecule has 0 spiro atoms. The lowest BCUT2D eigenvalue weighted by Gasteiger charge is -2.64. The molecule has 4 bridgehead atoms. The predicted molar refractivity (Wildman–Crippen MR) is 134 cm³/mol. The van der Waals surface area contributed by atoms with E-state index in [1.807, 2.05) is 6.07 Å². The molecule has 1 N–H and O–H groups in total. The SMILES string of the molecule is COc1ccc2c(c1O)C13CCN(CC4CC4)C(C2)C12CCC1C3[C@@H](CN1Cc1ccccc1)O2. The Kier molecular flexibility index (Phi) is 4.35. The third kappa shape index (κ3) is 2.65. The normalized spacial score (nSPS) is 39.3. The smallest absolute Gasteiger partial charge is 0.161 e. The highest BCUT2D eigenvalue weighted by molar-refractivity contribution is 5.60. The highest BCUT2D eigenvalue weighted by Gasteiger charge is 2.78. The van der Waals surface area contributed by atoms with Crippen molar-refractivity contribution in [3.05, 3.63) is 59.2 Å². The molecule has 3 aliphatic heterocycles. The van der Waals surface area contributed by atoms with E-state index in [1.165, 1.54) is 42.5 Å². The fourth-order valence-corrected chi connectivity index (χ4v) is 9.37. The molecule has 184 valence electrons. The van der Waals surface area contributed by atoms with Gasteiger partial charge in [0.15, 0.2) is 11.5 Å². The summed E-state index contributed by atoms with van der Waals surface area (Å²) in [5.41, 5.74) is 3.59. The van der Waals surface area contributed by atoms with Gasteiger partial charge in [-0.25, -0.2) is 0 Å². The number of phenolic OH excluding ortho intramolecular Hbond substituents is 1. The Morgan fingerprint density at radius 1 is 1.06 bits per heavy atom. The van der Waals surface area contributed by atoms with E-state index >= 15 is 0 Å². The van der Waals surface area contributed by atoms with Gasteiger partial charge >= 0.3 is 0 Å². The summed E-state index contributed by atoms with van der Waals surface area (Å²) in [6, 6.07) is 16.0. The number of phenols is 1.